The molecule has 1 aromatic carbocycles. The maximum Gasteiger partial charge on any atom is 0.239 e. The first-order chi connectivity index (χ1) is 10.2. The number of anilines is 1. The normalized spacial score (nSPS) is 21.6. The van der Waals surface area contributed by atoms with Crippen molar-refractivity contribution in [2.45, 2.75) is 45.6 Å². The smallest absolute Gasteiger partial charge is 0.239 e. The number of hydrogen-bond donors (Lipinski definition) is 2. The highest BCUT2D eigenvalue weighted by Gasteiger charge is 2.22. The molecule has 1 aromatic rings. The standard InChI is InChI=1S/C17H26N2O2/c1-3-21-16-11-7-6-10-15(16)18-12-17(20)19-14-9-5-4-8-13(14)2/h6-7,10-11,13-14,18H,3-5,8-9,12H2,1-2H3,(H,19,20). The van der Waals surface area contributed by atoms with Gasteiger partial charge in [-0.05, 0) is 37.8 Å². The van der Waals surface area contributed by atoms with E-state index < -0.39 is 0 Å². The van der Waals surface area contributed by atoms with Crippen LogP contribution in [-0.2, 0) is 4.79 Å². The monoisotopic (exact) mass is 290 g/mol. The quantitative estimate of drug-likeness (QED) is 0.846. The molecule has 0 bridgehead atoms. The van der Waals surface area contributed by atoms with Crippen LogP contribution < -0.4 is 15.4 Å². The van der Waals surface area contributed by atoms with Crippen molar-refractivity contribution in [3.05, 3.63) is 24.3 Å². The lowest BCUT2D eigenvalue weighted by atomic mass is 9.86. The number of para-hydroxylation sites is 2. The summed E-state index contributed by atoms with van der Waals surface area (Å²) >= 11 is 0. The van der Waals surface area contributed by atoms with Crippen LogP contribution in [0.3, 0.4) is 0 Å². The van der Waals surface area contributed by atoms with Gasteiger partial charge in [0, 0.05) is 6.04 Å². The van der Waals surface area contributed by atoms with Gasteiger partial charge in [0.25, 0.3) is 0 Å². The van der Waals surface area contributed by atoms with E-state index in [-0.39, 0.29) is 12.5 Å². The summed E-state index contributed by atoms with van der Waals surface area (Å²) in [5, 5.41) is 6.31. The van der Waals surface area contributed by atoms with Crippen molar-refractivity contribution < 1.29 is 9.53 Å². The molecule has 21 heavy (non-hydrogen) atoms. The van der Waals surface area contributed by atoms with Crippen molar-refractivity contribution in [3.63, 3.8) is 0 Å². The van der Waals surface area contributed by atoms with Gasteiger partial charge in [-0.1, -0.05) is 31.9 Å². The number of carbonyl (C=O) groups is 1. The highest BCUT2D eigenvalue weighted by molar-refractivity contribution is 5.81. The number of amides is 1. The molecule has 2 atom stereocenters. The van der Waals surface area contributed by atoms with E-state index >= 15 is 0 Å². The van der Waals surface area contributed by atoms with Crippen molar-refractivity contribution in [3.8, 4) is 5.75 Å². The van der Waals surface area contributed by atoms with Gasteiger partial charge in [0.2, 0.25) is 5.91 Å². The van der Waals surface area contributed by atoms with E-state index in [1.165, 1.54) is 19.3 Å². The highest BCUT2D eigenvalue weighted by Crippen LogP contribution is 2.24. The highest BCUT2D eigenvalue weighted by atomic mass is 16.5. The number of nitrogens with one attached hydrogen (secondary N) is 2. The average molecular weight is 290 g/mol. The Hall–Kier alpha value is -1.71. The molecule has 1 amide bonds. The second-order valence-corrected chi connectivity index (χ2v) is 5.72. The topological polar surface area (TPSA) is 50.4 Å². The van der Waals surface area contributed by atoms with Crippen LogP contribution in [0.2, 0.25) is 0 Å². The Morgan fingerprint density at radius 1 is 1.29 bits per heavy atom. The van der Waals surface area contributed by atoms with Crippen molar-refractivity contribution in [2.75, 3.05) is 18.5 Å². The van der Waals surface area contributed by atoms with Gasteiger partial charge in [-0.2, -0.15) is 0 Å². The number of ether oxygens (including phenoxy) is 1. The maximum absolute atomic E-state index is 12.1. The first-order valence-electron chi connectivity index (χ1n) is 7.95. The third kappa shape index (κ3) is 4.66. The zero-order valence-corrected chi connectivity index (χ0v) is 13.0. The van der Waals surface area contributed by atoms with Crippen LogP contribution in [0, 0.1) is 5.92 Å². The fourth-order valence-electron chi connectivity index (χ4n) is 2.86. The van der Waals surface area contributed by atoms with E-state index in [0.29, 0.717) is 18.6 Å². The predicted molar refractivity (Wildman–Crippen MR) is 85.7 cm³/mol. The van der Waals surface area contributed by atoms with Crippen molar-refractivity contribution in [1.82, 2.24) is 5.32 Å². The molecule has 2 N–H and O–H groups in total. The molecule has 2 rings (SSSR count). The number of carbonyl (C=O) groups excluding carboxylic acids is 1. The lowest BCUT2D eigenvalue weighted by Gasteiger charge is -2.29. The molecule has 0 saturated heterocycles. The summed E-state index contributed by atoms with van der Waals surface area (Å²) in [5.74, 6) is 1.43. The Balaban J connectivity index is 1.83. The first-order valence-corrected chi connectivity index (χ1v) is 7.95. The van der Waals surface area contributed by atoms with Crippen LogP contribution in [0.4, 0.5) is 5.69 Å². The molecule has 0 radical (unpaired) electrons. The third-order valence-corrected chi connectivity index (χ3v) is 4.08. The summed E-state index contributed by atoms with van der Waals surface area (Å²) in [6, 6.07) is 8.04. The van der Waals surface area contributed by atoms with Gasteiger partial charge in [-0.15, -0.1) is 0 Å². The Kier molecular flexibility index (Phi) is 5.90. The van der Waals surface area contributed by atoms with Crippen molar-refractivity contribution in [2.24, 2.45) is 5.92 Å². The first kappa shape index (κ1) is 15.7. The minimum Gasteiger partial charge on any atom is -0.492 e. The molecule has 116 valence electrons. The lowest BCUT2D eigenvalue weighted by Crippen LogP contribution is -2.43. The molecule has 0 heterocycles. The zero-order valence-electron chi connectivity index (χ0n) is 13.0. The summed E-state index contributed by atoms with van der Waals surface area (Å²) in [7, 11) is 0. The predicted octanol–water partition coefficient (Wildman–Crippen LogP) is 3.19. The largest absolute Gasteiger partial charge is 0.492 e. The van der Waals surface area contributed by atoms with Crippen molar-refractivity contribution >= 4 is 11.6 Å². The molecule has 0 aromatic heterocycles. The van der Waals surface area contributed by atoms with E-state index in [1.807, 2.05) is 31.2 Å². The molecule has 2 unspecified atom stereocenters. The van der Waals surface area contributed by atoms with E-state index in [4.69, 9.17) is 4.74 Å². The van der Waals surface area contributed by atoms with Crippen molar-refractivity contribution in [1.29, 1.82) is 0 Å². The van der Waals surface area contributed by atoms with Gasteiger partial charge < -0.3 is 15.4 Å². The summed E-state index contributed by atoms with van der Waals surface area (Å²) in [6.07, 6.45) is 4.82. The Labute approximate surface area is 127 Å². The molecular weight excluding hydrogens is 264 g/mol. The van der Waals surface area contributed by atoms with Gasteiger partial charge in [-0.3, -0.25) is 4.79 Å². The van der Waals surface area contributed by atoms with Gasteiger partial charge >= 0.3 is 0 Å². The molecule has 0 aliphatic heterocycles. The lowest BCUT2D eigenvalue weighted by molar-refractivity contribution is -0.120. The Bertz CT molecular complexity index is 462. The van der Waals surface area contributed by atoms with Gasteiger partial charge in [0.15, 0.2) is 0 Å². The summed E-state index contributed by atoms with van der Waals surface area (Å²) in [6.45, 7) is 5.08. The molecule has 4 heteroatoms. The van der Waals surface area contributed by atoms with Crippen LogP contribution >= 0.6 is 0 Å². The number of rotatable bonds is 6. The van der Waals surface area contributed by atoms with Crippen LogP contribution in [0.1, 0.15) is 39.5 Å². The van der Waals surface area contributed by atoms with E-state index in [2.05, 4.69) is 17.6 Å². The molecule has 0 spiro atoms. The Morgan fingerprint density at radius 2 is 2.05 bits per heavy atom. The molecule has 1 aliphatic rings. The number of benzene rings is 1. The van der Waals surface area contributed by atoms with Crippen LogP contribution in [-0.4, -0.2) is 25.1 Å². The molecular formula is C17H26N2O2. The third-order valence-electron chi connectivity index (χ3n) is 4.08. The minimum absolute atomic E-state index is 0.0556. The summed E-state index contributed by atoms with van der Waals surface area (Å²) < 4.78 is 5.54. The van der Waals surface area contributed by atoms with Crippen LogP contribution in [0.25, 0.3) is 0 Å². The molecule has 1 saturated carbocycles. The van der Waals surface area contributed by atoms with Crippen LogP contribution in [0.15, 0.2) is 24.3 Å². The van der Waals surface area contributed by atoms with Gasteiger partial charge in [0.1, 0.15) is 5.75 Å². The molecule has 1 fully saturated rings. The van der Waals surface area contributed by atoms with E-state index in [1.54, 1.807) is 0 Å². The fraction of sp³-hybridized carbons (Fsp3) is 0.588. The summed E-state index contributed by atoms with van der Waals surface area (Å²) in [5.41, 5.74) is 0.867. The van der Waals surface area contributed by atoms with Gasteiger partial charge in [-0.25, -0.2) is 0 Å². The van der Waals surface area contributed by atoms with Crippen LogP contribution in [0.5, 0.6) is 5.75 Å². The number of hydrogen-bond acceptors (Lipinski definition) is 3. The zero-order chi connectivity index (χ0) is 15.1. The second kappa shape index (κ2) is 7.91. The Morgan fingerprint density at radius 3 is 2.81 bits per heavy atom. The molecule has 4 nitrogen and oxygen atoms in total. The summed E-state index contributed by atoms with van der Waals surface area (Å²) in [4.78, 5) is 12.1. The average Bonchev–Trinajstić information content (AvgIpc) is 2.49. The van der Waals surface area contributed by atoms with Gasteiger partial charge in [0.05, 0.1) is 18.8 Å². The maximum atomic E-state index is 12.1. The van der Waals surface area contributed by atoms with E-state index in [0.717, 1.165) is 17.9 Å². The minimum atomic E-state index is 0.0556. The SMILES string of the molecule is CCOc1ccccc1NCC(=O)NC1CCCCC1C. The molecule has 1 aliphatic carbocycles. The second-order valence-electron chi connectivity index (χ2n) is 5.72. The van der Waals surface area contributed by atoms with E-state index in [9.17, 15) is 4.79 Å². The fourth-order valence-corrected chi connectivity index (χ4v) is 2.86.